The van der Waals surface area contributed by atoms with Crippen LogP contribution in [0.3, 0.4) is 0 Å². The molecule has 4 N–H and O–H groups in total. The van der Waals surface area contributed by atoms with E-state index in [9.17, 15) is 4.79 Å². The van der Waals surface area contributed by atoms with Crippen molar-refractivity contribution in [1.29, 1.82) is 5.41 Å². The number of anilines is 1. The molecule has 0 atom stereocenters. The smallest absolute Gasteiger partial charge is 0.293 e. The number of hydrogen-bond donors (Lipinski definition) is 5. The van der Waals surface area contributed by atoms with Crippen LogP contribution >= 0.6 is 12.6 Å². The van der Waals surface area contributed by atoms with E-state index in [0.29, 0.717) is 23.2 Å². The maximum atomic E-state index is 12.8. The molecular weight excluding hydrogens is 396 g/mol. The molecule has 1 aromatic carbocycles. The number of rotatable bonds is 10. The maximum absolute atomic E-state index is 12.8. The predicted molar refractivity (Wildman–Crippen MR) is 130 cm³/mol. The van der Waals surface area contributed by atoms with Gasteiger partial charge in [-0.15, -0.1) is 0 Å². The molecule has 1 aromatic rings. The topological polar surface area (TPSA) is 86.2 Å². The average Bonchev–Trinajstić information content (AvgIpc) is 3.21. The van der Waals surface area contributed by atoms with Crippen LogP contribution in [0.1, 0.15) is 52.0 Å². The molecule has 0 heterocycles. The molecule has 1 aliphatic rings. The number of carbonyl (C=O) groups is 1. The Morgan fingerprint density at radius 3 is 2.37 bits per heavy atom. The first kappa shape index (κ1) is 26.0. The van der Waals surface area contributed by atoms with Crippen molar-refractivity contribution in [1.82, 2.24) is 10.6 Å². The van der Waals surface area contributed by atoms with Crippen LogP contribution in [0.15, 0.2) is 35.7 Å². The zero-order valence-corrected chi connectivity index (χ0v) is 19.6. The van der Waals surface area contributed by atoms with E-state index in [-0.39, 0.29) is 17.8 Å². The normalized spacial score (nSPS) is 14.5. The zero-order chi connectivity index (χ0) is 22.4. The Labute approximate surface area is 187 Å². The highest BCUT2D eigenvalue weighted by Gasteiger charge is 2.24. The first-order chi connectivity index (χ1) is 14.4. The number of allylic oxidation sites excluding steroid dienone is 1. The molecule has 1 aliphatic carbocycles. The van der Waals surface area contributed by atoms with Crippen LogP contribution in [-0.4, -0.2) is 43.1 Å². The largest absolute Gasteiger partial charge is 0.483 e. The van der Waals surface area contributed by atoms with Crippen molar-refractivity contribution in [2.75, 3.05) is 25.0 Å². The molecule has 0 spiro atoms. The monoisotopic (exact) mass is 434 g/mol. The fraction of sp³-hybridized carbons (Fsp3) is 0.565. The van der Waals surface area contributed by atoms with Gasteiger partial charge in [0.15, 0.2) is 0 Å². The lowest BCUT2D eigenvalue weighted by molar-refractivity contribution is -0.117. The van der Waals surface area contributed by atoms with E-state index in [1.807, 2.05) is 52.0 Å². The molecule has 0 aromatic heterocycles. The number of likely N-dealkylation sites (N-methyl/N-ethyl adjacent to an activating group) is 1. The highest BCUT2D eigenvalue weighted by molar-refractivity contribution is 7.80. The molecule has 1 saturated carbocycles. The first-order valence-electron chi connectivity index (χ1n) is 10.8. The highest BCUT2D eigenvalue weighted by Crippen LogP contribution is 2.24. The Balaban J connectivity index is 0.00000103. The number of aryl methyl sites for hydroxylation is 1. The van der Waals surface area contributed by atoms with E-state index >= 15 is 0 Å². The quantitative estimate of drug-likeness (QED) is 0.125. The van der Waals surface area contributed by atoms with Gasteiger partial charge in [-0.25, -0.2) is 0 Å². The summed E-state index contributed by atoms with van der Waals surface area (Å²) >= 11 is 3.97. The Morgan fingerprint density at radius 1 is 1.23 bits per heavy atom. The molecule has 0 radical (unpaired) electrons. The minimum atomic E-state index is -0.324. The lowest BCUT2D eigenvalue weighted by Crippen LogP contribution is -2.31. The molecule has 0 unspecified atom stereocenters. The zero-order valence-electron chi connectivity index (χ0n) is 18.8. The summed E-state index contributed by atoms with van der Waals surface area (Å²) in [7, 11) is 0. The molecule has 168 valence electrons. The molecule has 30 heavy (non-hydrogen) atoms. The second kappa shape index (κ2) is 14.9. The van der Waals surface area contributed by atoms with Gasteiger partial charge in [-0.2, -0.15) is 12.6 Å². The van der Waals surface area contributed by atoms with Gasteiger partial charge in [0, 0.05) is 25.0 Å². The van der Waals surface area contributed by atoms with Crippen molar-refractivity contribution in [3.05, 3.63) is 41.3 Å². The molecular formula is C23H38N4O2S. The van der Waals surface area contributed by atoms with Gasteiger partial charge in [0.25, 0.3) is 5.91 Å². The van der Waals surface area contributed by atoms with Gasteiger partial charge < -0.3 is 26.1 Å². The molecule has 0 bridgehead atoms. The second-order valence-electron chi connectivity index (χ2n) is 7.61. The Kier molecular flexibility index (Phi) is 12.9. The van der Waals surface area contributed by atoms with Gasteiger partial charge in [-0.3, -0.25) is 4.79 Å². The summed E-state index contributed by atoms with van der Waals surface area (Å²) in [6, 6.07) is 7.62. The highest BCUT2D eigenvalue weighted by atomic mass is 32.1. The minimum Gasteiger partial charge on any atom is -0.483 e. The maximum Gasteiger partial charge on any atom is 0.293 e. The number of amides is 1. The van der Waals surface area contributed by atoms with Crippen LogP contribution in [0.4, 0.5) is 5.69 Å². The summed E-state index contributed by atoms with van der Waals surface area (Å²) < 4.78 is 6.01. The van der Waals surface area contributed by atoms with E-state index in [0.717, 1.165) is 50.6 Å². The van der Waals surface area contributed by atoms with Crippen LogP contribution in [0.25, 0.3) is 0 Å². The van der Waals surface area contributed by atoms with Crippen LogP contribution in [0.5, 0.6) is 0 Å². The summed E-state index contributed by atoms with van der Waals surface area (Å²) in [5.74, 6) is -0.126. The van der Waals surface area contributed by atoms with Crippen LogP contribution in [0.2, 0.25) is 0 Å². The molecule has 1 fully saturated rings. The summed E-state index contributed by atoms with van der Waals surface area (Å²) in [6.07, 6.45) is 5.33. The standard InChI is InChI=1S/C20H30N4O2.C3H8S/c1-3-22-12-13-23-18(14-21)19(26-17-6-4-5-7-17)20(25)24-16-10-8-15(2)9-11-16;1-3(2)4/h8-11,14,17,21-23H,3-7,12-13H2,1-2H3,(H,24,25);3-4H,1-2H3/b19-18-,21-14?;. The van der Waals surface area contributed by atoms with E-state index in [2.05, 4.69) is 28.6 Å². The van der Waals surface area contributed by atoms with Crippen molar-refractivity contribution in [3.8, 4) is 0 Å². The summed E-state index contributed by atoms with van der Waals surface area (Å²) in [4.78, 5) is 12.8. The van der Waals surface area contributed by atoms with Crippen LogP contribution in [0, 0.1) is 12.3 Å². The van der Waals surface area contributed by atoms with Gasteiger partial charge in [0.1, 0.15) is 5.70 Å². The third-order valence-corrected chi connectivity index (χ3v) is 4.36. The molecule has 2 rings (SSSR count). The average molecular weight is 435 g/mol. The lowest BCUT2D eigenvalue weighted by Gasteiger charge is -2.19. The van der Waals surface area contributed by atoms with Crippen molar-refractivity contribution < 1.29 is 9.53 Å². The molecule has 0 aliphatic heterocycles. The number of nitrogens with one attached hydrogen (secondary N) is 4. The second-order valence-corrected chi connectivity index (χ2v) is 8.64. The van der Waals surface area contributed by atoms with E-state index in [1.54, 1.807) is 0 Å². The van der Waals surface area contributed by atoms with E-state index in [4.69, 9.17) is 10.1 Å². The van der Waals surface area contributed by atoms with Crippen LogP contribution < -0.4 is 16.0 Å². The van der Waals surface area contributed by atoms with E-state index < -0.39 is 0 Å². The summed E-state index contributed by atoms with van der Waals surface area (Å²) in [6.45, 7) is 10.4. The predicted octanol–water partition coefficient (Wildman–Crippen LogP) is 4.28. The number of thiol groups is 1. The van der Waals surface area contributed by atoms with Gasteiger partial charge in [-0.1, -0.05) is 38.5 Å². The fourth-order valence-electron chi connectivity index (χ4n) is 2.90. The van der Waals surface area contributed by atoms with Crippen molar-refractivity contribution in [3.63, 3.8) is 0 Å². The SMILES string of the molecule is CC(C)S.CCNCCN/C(C=N)=C(\OC1CCCC1)C(=O)Nc1ccc(C)cc1. The Bertz CT molecular complexity index is 666. The van der Waals surface area contributed by atoms with Crippen molar-refractivity contribution in [2.24, 2.45) is 0 Å². The number of carbonyl (C=O) groups excluding carboxylic acids is 1. The molecule has 6 nitrogen and oxygen atoms in total. The van der Waals surface area contributed by atoms with Crippen LogP contribution in [-0.2, 0) is 9.53 Å². The van der Waals surface area contributed by atoms with E-state index in [1.165, 1.54) is 0 Å². The molecule has 7 heteroatoms. The Morgan fingerprint density at radius 2 is 1.83 bits per heavy atom. The molecule has 1 amide bonds. The lowest BCUT2D eigenvalue weighted by atomic mass is 10.2. The van der Waals surface area contributed by atoms with Crippen molar-refractivity contribution >= 4 is 30.4 Å². The van der Waals surface area contributed by atoms with Gasteiger partial charge in [0.05, 0.1) is 6.10 Å². The summed E-state index contributed by atoms with van der Waals surface area (Å²) in [5, 5.41) is 17.5. The molecule has 0 saturated heterocycles. The fourth-order valence-corrected chi connectivity index (χ4v) is 2.90. The van der Waals surface area contributed by atoms with Gasteiger partial charge in [0.2, 0.25) is 5.76 Å². The van der Waals surface area contributed by atoms with Gasteiger partial charge >= 0.3 is 0 Å². The van der Waals surface area contributed by atoms with Gasteiger partial charge in [-0.05, 0) is 56.5 Å². The number of hydrogen-bond acceptors (Lipinski definition) is 6. The van der Waals surface area contributed by atoms with Crippen molar-refractivity contribution in [2.45, 2.75) is 64.7 Å². The number of benzene rings is 1. The number of ether oxygens (including phenoxy) is 1. The summed E-state index contributed by atoms with van der Waals surface area (Å²) in [5.41, 5.74) is 2.26. The first-order valence-corrected chi connectivity index (χ1v) is 11.3. The third-order valence-electron chi connectivity index (χ3n) is 4.36. The third kappa shape index (κ3) is 10.7. The minimum absolute atomic E-state index is 0.0410. The Hall–Kier alpha value is -1.99.